The minimum absolute atomic E-state index is 0.0539. The largest absolute Gasteiger partial charge is 0.490 e. The summed E-state index contributed by atoms with van der Waals surface area (Å²) >= 11 is 6.45. The molecule has 0 aliphatic carbocycles. The Kier molecular flexibility index (Phi) is 6.97. The van der Waals surface area contributed by atoms with E-state index in [2.05, 4.69) is 0 Å². The fraction of sp³-hybridized carbons (Fsp3) is 0.152. The molecule has 1 amide bonds. The fourth-order valence-corrected chi connectivity index (χ4v) is 5.25. The first kappa shape index (κ1) is 26.6. The summed E-state index contributed by atoms with van der Waals surface area (Å²) in [6, 6.07) is 23.1. The van der Waals surface area contributed by atoms with E-state index in [0.29, 0.717) is 41.0 Å². The molecule has 4 aromatic carbocycles. The summed E-state index contributed by atoms with van der Waals surface area (Å²) in [6.07, 6.45) is 0. The van der Waals surface area contributed by atoms with Crippen LogP contribution in [0.3, 0.4) is 0 Å². The molecule has 1 atom stereocenters. The van der Waals surface area contributed by atoms with Crippen LogP contribution in [0.5, 0.6) is 11.5 Å². The molecule has 206 valence electrons. The monoisotopic (exact) mass is 569 g/mol. The zero-order valence-electron chi connectivity index (χ0n) is 22.3. The van der Waals surface area contributed by atoms with Gasteiger partial charge >= 0.3 is 0 Å². The molecule has 41 heavy (non-hydrogen) atoms. The minimum atomic E-state index is -0.887. The van der Waals surface area contributed by atoms with Gasteiger partial charge in [0, 0.05) is 10.7 Å². The topological polar surface area (TPSA) is 69.0 Å². The lowest BCUT2D eigenvalue weighted by Gasteiger charge is -2.26. The first-order chi connectivity index (χ1) is 19.9. The maximum atomic E-state index is 14.2. The predicted octanol–water partition coefficient (Wildman–Crippen LogP) is 7.62. The molecule has 0 fully saturated rings. The number of rotatable bonds is 7. The van der Waals surface area contributed by atoms with E-state index in [9.17, 15) is 14.0 Å². The second-order valence-corrected chi connectivity index (χ2v) is 10.1. The minimum Gasteiger partial charge on any atom is -0.490 e. The second kappa shape index (κ2) is 10.7. The lowest BCUT2D eigenvalue weighted by molar-refractivity contribution is 0.0971. The van der Waals surface area contributed by atoms with Crippen LogP contribution < -0.4 is 19.8 Å². The molecule has 8 heteroatoms. The molecule has 1 aromatic heterocycles. The Morgan fingerprint density at radius 1 is 0.927 bits per heavy atom. The van der Waals surface area contributed by atoms with Crippen LogP contribution in [0.4, 0.5) is 10.1 Å². The molecule has 0 bridgehead atoms. The molecule has 1 aliphatic heterocycles. The summed E-state index contributed by atoms with van der Waals surface area (Å²) in [5.74, 6) is -0.207. The number of amides is 1. The molecule has 0 saturated heterocycles. The highest BCUT2D eigenvalue weighted by atomic mass is 35.5. The zero-order chi connectivity index (χ0) is 28.7. The average Bonchev–Trinajstić information content (AvgIpc) is 3.27. The van der Waals surface area contributed by atoms with Crippen molar-refractivity contribution in [3.05, 3.63) is 134 Å². The Bertz CT molecular complexity index is 1850. The Hall–Kier alpha value is -4.62. The van der Waals surface area contributed by atoms with Crippen LogP contribution in [-0.2, 0) is 6.61 Å². The molecule has 2 heterocycles. The number of hydrogen-bond acceptors (Lipinski definition) is 5. The van der Waals surface area contributed by atoms with Crippen LogP contribution >= 0.6 is 11.6 Å². The van der Waals surface area contributed by atoms with E-state index in [1.807, 2.05) is 44.2 Å². The first-order valence-corrected chi connectivity index (χ1v) is 13.5. The molecule has 0 radical (unpaired) electrons. The molecular weight excluding hydrogens is 545 g/mol. The lowest BCUT2D eigenvalue weighted by Crippen LogP contribution is -2.29. The summed E-state index contributed by atoms with van der Waals surface area (Å²) in [4.78, 5) is 29.2. The number of ether oxygens (including phenoxy) is 2. The van der Waals surface area contributed by atoms with Gasteiger partial charge in [0.15, 0.2) is 16.9 Å². The normalized spacial score (nSPS) is 14.4. The van der Waals surface area contributed by atoms with Crippen molar-refractivity contribution in [3.8, 4) is 11.5 Å². The van der Waals surface area contributed by atoms with Crippen molar-refractivity contribution in [1.82, 2.24) is 0 Å². The molecular formula is C33H25ClFNO5. The fourth-order valence-electron chi connectivity index (χ4n) is 5.08. The van der Waals surface area contributed by atoms with E-state index in [1.165, 1.54) is 17.0 Å². The van der Waals surface area contributed by atoms with Gasteiger partial charge in [0.05, 0.1) is 23.6 Å². The van der Waals surface area contributed by atoms with Crippen molar-refractivity contribution in [2.75, 3.05) is 11.5 Å². The van der Waals surface area contributed by atoms with E-state index < -0.39 is 23.2 Å². The molecule has 1 unspecified atom stereocenters. The number of benzene rings is 4. The molecule has 1 aliphatic rings. The van der Waals surface area contributed by atoms with Gasteiger partial charge in [0.25, 0.3) is 5.91 Å². The van der Waals surface area contributed by atoms with Gasteiger partial charge in [-0.15, -0.1) is 0 Å². The number of hydrogen-bond donors (Lipinski definition) is 0. The van der Waals surface area contributed by atoms with Crippen LogP contribution in [0.2, 0.25) is 5.02 Å². The van der Waals surface area contributed by atoms with Gasteiger partial charge in [-0.25, -0.2) is 4.39 Å². The van der Waals surface area contributed by atoms with Gasteiger partial charge < -0.3 is 13.9 Å². The maximum Gasteiger partial charge on any atom is 0.295 e. The highest BCUT2D eigenvalue weighted by Gasteiger charge is 2.44. The summed E-state index contributed by atoms with van der Waals surface area (Å²) < 4.78 is 32.1. The Morgan fingerprint density at radius 3 is 2.49 bits per heavy atom. The van der Waals surface area contributed by atoms with E-state index in [-0.39, 0.29) is 22.3 Å². The molecule has 5 aromatic rings. The van der Waals surface area contributed by atoms with Gasteiger partial charge in [-0.3, -0.25) is 14.5 Å². The Labute approximate surface area is 240 Å². The molecule has 6 rings (SSSR count). The second-order valence-electron chi connectivity index (χ2n) is 9.74. The lowest BCUT2D eigenvalue weighted by atomic mass is 9.97. The molecule has 6 nitrogen and oxygen atoms in total. The van der Waals surface area contributed by atoms with Crippen LogP contribution in [0.15, 0.2) is 94.1 Å². The average molecular weight is 570 g/mol. The quantitative estimate of drug-likeness (QED) is 0.202. The van der Waals surface area contributed by atoms with Crippen LogP contribution in [-0.4, -0.2) is 12.5 Å². The van der Waals surface area contributed by atoms with Crippen molar-refractivity contribution in [2.24, 2.45) is 0 Å². The maximum absolute atomic E-state index is 14.2. The third-order valence-corrected chi connectivity index (χ3v) is 7.49. The number of carbonyl (C=O) groups excluding carboxylic acids is 1. The highest BCUT2D eigenvalue weighted by Crippen LogP contribution is 2.44. The van der Waals surface area contributed by atoms with Crippen molar-refractivity contribution < 1.29 is 23.1 Å². The van der Waals surface area contributed by atoms with Crippen LogP contribution in [0, 0.1) is 12.7 Å². The molecule has 0 N–H and O–H groups in total. The number of nitrogens with zero attached hydrogens (tertiary/aromatic N) is 1. The van der Waals surface area contributed by atoms with Gasteiger partial charge in [-0.2, -0.15) is 0 Å². The Morgan fingerprint density at radius 2 is 1.73 bits per heavy atom. The highest BCUT2D eigenvalue weighted by molar-refractivity contribution is 6.31. The standard InChI is InChI=1S/C33H25ClFNO5/c1-3-39-28-15-21(10-13-27(28)40-18-20-7-5-4-6-8-20)30-29-31(37)24-16-22(35)11-14-26(24)41-32(29)33(38)36(30)23-12-9-19(2)25(34)17-23/h4-17,30H,3,18H2,1-2H3. The van der Waals surface area contributed by atoms with Crippen molar-refractivity contribution >= 4 is 34.2 Å². The summed E-state index contributed by atoms with van der Waals surface area (Å²) in [7, 11) is 0. The van der Waals surface area contributed by atoms with Gasteiger partial charge in [0.2, 0.25) is 5.76 Å². The van der Waals surface area contributed by atoms with Crippen LogP contribution in [0.1, 0.15) is 45.8 Å². The number of aryl methyl sites for hydroxylation is 1. The van der Waals surface area contributed by atoms with E-state index in [4.69, 9.17) is 25.5 Å². The Balaban J connectivity index is 1.51. The zero-order valence-corrected chi connectivity index (χ0v) is 23.1. The van der Waals surface area contributed by atoms with Crippen molar-refractivity contribution in [3.63, 3.8) is 0 Å². The van der Waals surface area contributed by atoms with E-state index >= 15 is 0 Å². The van der Waals surface area contributed by atoms with Crippen LogP contribution in [0.25, 0.3) is 11.0 Å². The SMILES string of the molecule is CCOc1cc(C2c3c(oc4ccc(F)cc4c3=O)C(=O)N2c2ccc(C)c(Cl)c2)ccc1OCc1ccccc1. The predicted molar refractivity (Wildman–Crippen MR) is 156 cm³/mol. The van der Waals surface area contributed by atoms with E-state index in [0.717, 1.165) is 17.2 Å². The van der Waals surface area contributed by atoms with Gasteiger partial charge in [0.1, 0.15) is 18.0 Å². The number of halogens is 2. The summed E-state index contributed by atoms with van der Waals surface area (Å²) in [6.45, 7) is 4.42. The molecule has 0 spiro atoms. The number of carbonyl (C=O) groups is 1. The van der Waals surface area contributed by atoms with Gasteiger partial charge in [-0.05, 0) is 73.0 Å². The number of fused-ring (bicyclic) bond motifs is 2. The number of anilines is 1. The third kappa shape index (κ3) is 4.83. The summed E-state index contributed by atoms with van der Waals surface area (Å²) in [5, 5.41) is 0.523. The molecule has 0 saturated carbocycles. The van der Waals surface area contributed by atoms with Gasteiger partial charge in [-0.1, -0.05) is 54.1 Å². The first-order valence-electron chi connectivity index (χ1n) is 13.1. The van der Waals surface area contributed by atoms with Crippen molar-refractivity contribution in [2.45, 2.75) is 26.5 Å². The smallest absolute Gasteiger partial charge is 0.295 e. The van der Waals surface area contributed by atoms with Crippen molar-refractivity contribution in [1.29, 1.82) is 0 Å². The third-order valence-electron chi connectivity index (χ3n) is 7.09. The summed E-state index contributed by atoms with van der Waals surface area (Å²) in [5.41, 5.74) is 2.67. The van der Waals surface area contributed by atoms with E-state index in [1.54, 1.807) is 36.4 Å².